The van der Waals surface area contributed by atoms with E-state index < -0.39 is 0 Å². The second kappa shape index (κ2) is 342. The van der Waals surface area contributed by atoms with Gasteiger partial charge in [-0.15, -0.1) is 0 Å². The van der Waals surface area contributed by atoms with Crippen LogP contribution in [-0.2, 0) is 0 Å². The van der Waals surface area contributed by atoms with Gasteiger partial charge in [-0.25, -0.2) is 0 Å². The minimum atomic E-state index is 0. The largest absolute Gasteiger partial charge is 0.870 e. The van der Waals surface area contributed by atoms with Crippen LogP contribution in [0.2, 0.25) is 0 Å². The zero-order valence-corrected chi connectivity index (χ0v) is 4.39. The second-order valence-electron chi connectivity index (χ2n) is 0. The summed E-state index contributed by atoms with van der Waals surface area (Å²) in [6.07, 6.45) is 0. The molecule has 0 bridgehead atoms. The standard InChI is InChI=1S/Ge.4H2O/h;4*1H2/p-4. The van der Waals surface area contributed by atoms with E-state index in [1.807, 2.05) is 0 Å². The van der Waals surface area contributed by atoms with Gasteiger partial charge in [-0.05, 0) is 0 Å². The van der Waals surface area contributed by atoms with E-state index in [0.717, 1.165) is 0 Å². The summed E-state index contributed by atoms with van der Waals surface area (Å²) in [6.45, 7) is 0. The van der Waals surface area contributed by atoms with Crippen LogP contribution in [0.1, 0.15) is 0 Å². The van der Waals surface area contributed by atoms with Crippen molar-refractivity contribution in [3.05, 3.63) is 0 Å². The van der Waals surface area contributed by atoms with Crippen LogP contribution in [0.5, 0.6) is 0 Å². The topological polar surface area (TPSA) is 120 Å². The van der Waals surface area contributed by atoms with E-state index in [4.69, 9.17) is 0 Å². The fraction of sp³-hybridized carbons (Fsp3) is 0. The first kappa shape index (κ1) is 705. The van der Waals surface area contributed by atoms with Crippen LogP contribution >= 0.6 is 0 Å². The maximum Gasteiger partial charge on any atom is 0 e. The summed E-state index contributed by atoms with van der Waals surface area (Å²) in [7, 11) is 0. The molecular formula is H4GeO4-4. The first-order valence-corrected chi connectivity index (χ1v) is 0. The molecule has 36 valence electrons. The van der Waals surface area contributed by atoms with Crippen molar-refractivity contribution < 1.29 is 21.9 Å². The first-order valence-electron chi connectivity index (χ1n) is 0. The Morgan fingerprint density at radius 2 is 0.400 bits per heavy atom. The fourth-order valence-electron chi connectivity index (χ4n) is 0. The van der Waals surface area contributed by atoms with Crippen LogP contribution in [0.3, 0.4) is 0 Å². The molecule has 0 aromatic carbocycles. The molecule has 0 amide bonds. The summed E-state index contributed by atoms with van der Waals surface area (Å²) in [5, 5.41) is 0. The molecule has 5 heavy (non-hydrogen) atoms. The molecule has 4 N–H and O–H groups in total. The average molecular weight is 141 g/mol. The van der Waals surface area contributed by atoms with Crippen LogP contribution in [-0.4, -0.2) is 39.5 Å². The summed E-state index contributed by atoms with van der Waals surface area (Å²) in [5.41, 5.74) is 0. The molecule has 0 atom stereocenters. The van der Waals surface area contributed by atoms with Gasteiger partial charge in [-0.1, -0.05) is 0 Å². The third kappa shape index (κ3) is 170. The Bertz CT molecular complexity index is 3.61. The van der Waals surface area contributed by atoms with Crippen LogP contribution in [0.15, 0.2) is 0 Å². The summed E-state index contributed by atoms with van der Waals surface area (Å²) in [6, 6.07) is 0. The van der Waals surface area contributed by atoms with Gasteiger partial charge in [-0.2, -0.15) is 0 Å². The summed E-state index contributed by atoms with van der Waals surface area (Å²) in [4.78, 5) is 0. The molecule has 0 heterocycles. The Balaban J connectivity index is 0. The van der Waals surface area contributed by atoms with E-state index >= 15 is 0 Å². The fourth-order valence-corrected chi connectivity index (χ4v) is 0. The van der Waals surface area contributed by atoms with Gasteiger partial charge in [0, 0.05) is 17.6 Å². The Morgan fingerprint density at radius 3 is 0.400 bits per heavy atom. The first-order chi connectivity index (χ1) is 0. The number of hydrogen-bond acceptors (Lipinski definition) is 4. The van der Waals surface area contributed by atoms with Crippen molar-refractivity contribution in [1.29, 1.82) is 0 Å². The van der Waals surface area contributed by atoms with Crippen molar-refractivity contribution in [3.63, 3.8) is 0 Å². The SMILES string of the molecule is [Ge].[OH-].[OH-].[OH-].[OH-]. The molecule has 0 aliphatic carbocycles. The van der Waals surface area contributed by atoms with E-state index in [-0.39, 0.29) is 39.5 Å². The molecule has 0 aromatic heterocycles. The van der Waals surface area contributed by atoms with Crippen molar-refractivity contribution >= 4 is 17.6 Å². The third-order valence-electron chi connectivity index (χ3n) is 0. The van der Waals surface area contributed by atoms with Gasteiger partial charge in [-0.3, -0.25) is 0 Å². The minimum absolute atomic E-state index is 0. The average Bonchev–Trinajstić information content (AvgIpc) is 0. The number of hydrogen-bond donors (Lipinski definition) is 0. The normalized spacial score (nSPS) is 0. The quantitative estimate of drug-likeness (QED) is 0.397. The van der Waals surface area contributed by atoms with Gasteiger partial charge in [0.05, 0.1) is 0 Å². The van der Waals surface area contributed by atoms with E-state index in [2.05, 4.69) is 0 Å². The Hall–Kier alpha value is 0.383. The van der Waals surface area contributed by atoms with Crippen molar-refractivity contribution in [2.45, 2.75) is 0 Å². The molecule has 0 aliphatic heterocycles. The Kier molecular flexibility index (Phi) is 48300. The van der Waals surface area contributed by atoms with Crippen molar-refractivity contribution in [3.8, 4) is 0 Å². The van der Waals surface area contributed by atoms with Crippen molar-refractivity contribution in [1.82, 2.24) is 0 Å². The minimum Gasteiger partial charge on any atom is -0.870 e. The van der Waals surface area contributed by atoms with Gasteiger partial charge in [0.2, 0.25) is 0 Å². The predicted octanol–water partition coefficient (Wildman–Crippen LogP) is -1.09. The van der Waals surface area contributed by atoms with Crippen LogP contribution in [0.4, 0.5) is 0 Å². The van der Waals surface area contributed by atoms with Crippen molar-refractivity contribution in [2.75, 3.05) is 0 Å². The second-order valence-corrected chi connectivity index (χ2v) is 0. The van der Waals surface area contributed by atoms with E-state index in [1.165, 1.54) is 0 Å². The Labute approximate surface area is 40.4 Å². The molecule has 0 saturated heterocycles. The molecule has 0 aliphatic rings. The molecule has 0 rings (SSSR count). The maximum absolute atomic E-state index is 0. The van der Waals surface area contributed by atoms with E-state index in [9.17, 15) is 0 Å². The van der Waals surface area contributed by atoms with Crippen molar-refractivity contribution in [2.24, 2.45) is 0 Å². The molecule has 5 heteroatoms. The smallest absolute Gasteiger partial charge is 0 e. The zero-order valence-electron chi connectivity index (χ0n) is 2.29. The molecule has 4 nitrogen and oxygen atoms in total. The molecule has 0 aromatic rings. The van der Waals surface area contributed by atoms with Gasteiger partial charge >= 0.3 is 0 Å². The molecule has 4 radical (unpaired) electrons. The molecule has 0 unspecified atom stereocenters. The third-order valence-corrected chi connectivity index (χ3v) is 0. The summed E-state index contributed by atoms with van der Waals surface area (Å²) in [5.74, 6) is 0. The monoisotopic (exact) mass is 142 g/mol. The Morgan fingerprint density at radius 1 is 0.400 bits per heavy atom. The van der Waals surface area contributed by atoms with Gasteiger partial charge in [0.25, 0.3) is 0 Å². The van der Waals surface area contributed by atoms with Crippen LogP contribution in [0.25, 0.3) is 0 Å². The van der Waals surface area contributed by atoms with Crippen LogP contribution in [0, 0.1) is 0 Å². The zero-order chi connectivity index (χ0) is 0. The van der Waals surface area contributed by atoms with Gasteiger partial charge < -0.3 is 21.9 Å². The molecule has 0 spiro atoms. The predicted molar refractivity (Wildman–Crippen MR) is 13.5 cm³/mol. The van der Waals surface area contributed by atoms with Gasteiger partial charge in [0.1, 0.15) is 0 Å². The van der Waals surface area contributed by atoms with Gasteiger partial charge in [0.15, 0.2) is 0 Å². The summed E-state index contributed by atoms with van der Waals surface area (Å²) < 4.78 is 0. The maximum atomic E-state index is 0. The van der Waals surface area contributed by atoms with E-state index in [0.29, 0.717) is 0 Å². The number of rotatable bonds is 0. The molecule has 0 fully saturated rings. The van der Waals surface area contributed by atoms with E-state index in [1.54, 1.807) is 0 Å². The van der Waals surface area contributed by atoms with Crippen LogP contribution < -0.4 is 0 Å². The summed E-state index contributed by atoms with van der Waals surface area (Å²) >= 11 is 0. The molecular weight excluding hydrogens is 137 g/mol. The molecule has 0 saturated carbocycles.